The van der Waals surface area contributed by atoms with E-state index in [2.05, 4.69) is 0 Å². The maximum Gasteiger partial charge on any atom is 0.265 e. The molecular formula is C17H18N2O6S. The number of methoxy groups -OCH3 is 2. The maximum absolute atomic E-state index is 13.2. The molecule has 2 aromatic carbocycles. The van der Waals surface area contributed by atoms with Crippen molar-refractivity contribution in [2.45, 2.75) is 17.4 Å². The number of nitrogens with one attached hydrogen (secondary N) is 1. The Morgan fingerprint density at radius 1 is 1.15 bits per heavy atom. The highest BCUT2D eigenvalue weighted by atomic mass is 32.2. The van der Waals surface area contributed by atoms with Crippen LogP contribution in [0.15, 0.2) is 47.4 Å². The van der Waals surface area contributed by atoms with Gasteiger partial charge in [-0.15, -0.1) is 0 Å². The van der Waals surface area contributed by atoms with Gasteiger partial charge in [0.15, 0.2) is 11.5 Å². The second-order valence-corrected chi connectivity index (χ2v) is 7.42. The molecule has 2 aromatic rings. The van der Waals surface area contributed by atoms with E-state index in [1.54, 1.807) is 41.9 Å². The van der Waals surface area contributed by atoms with Gasteiger partial charge in [0.25, 0.3) is 10.0 Å². The van der Waals surface area contributed by atoms with E-state index in [9.17, 15) is 13.2 Å². The number of hydrogen-bond donors (Lipinski definition) is 2. The van der Waals surface area contributed by atoms with E-state index in [0.717, 1.165) is 0 Å². The molecule has 9 heteroatoms. The Labute approximate surface area is 151 Å². The molecule has 3 rings (SSSR count). The van der Waals surface area contributed by atoms with Gasteiger partial charge in [0.2, 0.25) is 5.91 Å². The fourth-order valence-electron chi connectivity index (χ4n) is 3.07. The van der Waals surface area contributed by atoms with Crippen LogP contribution in [0.5, 0.6) is 11.5 Å². The summed E-state index contributed by atoms with van der Waals surface area (Å²) in [6.07, 6.45) is -0.257. The lowest BCUT2D eigenvalue weighted by molar-refractivity contribution is -0.129. The fraction of sp³-hybridized carbons (Fsp3) is 0.235. The van der Waals surface area contributed by atoms with Crippen LogP contribution in [0.4, 0.5) is 5.69 Å². The average molecular weight is 378 g/mol. The van der Waals surface area contributed by atoms with Crippen molar-refractivity contribution >= 4 is 21.6 Å². The molecule has 1 aliphatic rings. The van der Waals surface area contributed by atoms with Gasteiger partial charge in [0.05, 0.1) is 37.3 Å². The molecule has 0 aromatic heterocycles. The van der Waals surface area contributed by atoms with Crippen LogP contribution in [-0.4, -0.2) is 33.8 Å². The molecule has 0 aliphatic carbocycles. The fourth-order valence-corrected chi connectivity index (χ4v) is 4.95. The zero-order valence-electron chi connectivity index (χ0n) is 14.2. The predicted molar refractivity (Wildman–Crippen MR) is 92.9 cm³/mol. The summed E-state index contributed by atoms with van der Waals surface area (Å²) in [6.45, 7) is 0. The molecule has 0 radical (unpaired) electrons. The molecule has 8 nitrogen and oxygen atoms in total. The number of anilines is 1. The summed E-state index contributed by atoms with van der Waals surface area (Å²) in [5.74, 6) is -0.0744. The van der Waals surface area contributed by atoms with Crippen molar-refractivity contribution in [2.75, 3.05) is 18.5 Å². The molecule has 1 amide bonds. The van der Waals surface area contributed by atoms with Crippen LogP contribution < -0.4 is 19.3 Å². The van der Waals surface area contributed by atoms with Gasteiger partial charge in [-0.05, 0) is 18.2 Å². The number of ether oxygens (including phenoxy) is 2. The van der Waals surface area contributed by atoms with Crippen molar-refractivity contribution in [2.24, 2.45) is 0 Å². The van der Waals surface area contributed by atoms with Crippen molar-refractivity contribution in [1.29, 1.82) is 0 Å². The summed E-state index contributed by atoms with van der Waals surface area (Å²) in [4.78, 5) is 11.8. The first-order valence-electron chi connectivity index (χ1n) is 7.72. The van der Waals surface area contributed by atoms with Crippen molar-refractivity contribution in [3.8, 4) is 11.5 Å². The zero-order valence-corrected chi connectivity index (χ0v) is 15.0. The first-order chi connectivity index (χ1) is 12.4. The van der Waals surface area contributed by atoms with E-state index in [0.29, 0.717) is 17.0 Å². The third kappa shape index (κ3) is 2.85. The van der Waals surface area contributed by atoms with Gasteiger partial charge in [0, 0.05) is 11.6 Å². The number of benzene rings is 2. The SMILES string of the molecule is COc1cc2c(cc1OC)S(=O)(=O)N(c1ccccc1)C2CC(=O)NO. The minimum absolute atomic E-state index is 0.0368. The van der Waals surface area contributed by atoms with Gasteiger partial charge in [0.1, 0.15) is 0 Å². The van der Waals surface area contributed by atoms with Crippen molar-refractivity contribution < 1.29 is 27.9 Å². The van der Waals surface area contributed by atoms with E-state index in [-0.39, 0.29) is 17.1 Å². The summed E-state index contributed by atoms with van der Waals surface area (Å²) in [5, 5.41) is 8.90. The number of hydroxylamine groups is 1. The summed E-state index contributed by atoms with van der Waals surface area (Å²) < 4.78 is 38.0. The first-order valence-corrected chi connectivity index (χ1v) is 9.16. The molecule has 26 heavy (non-hydrogen) atoms. The summed E-state index contributed by atoms with van der Waals surface area (Å²) >= 11 is 0. The number of amides is 1. The Morgan fingerprint density at radius 2 is 1.77 bits per heavy atom. The van der Waals surface area contributed by atoms with Crippen LogP contribution in [0.1, 0.15) is 18.0 Å². The molecule has 0 saturated carbocycles. The number of carbonyl (C=O) groups excluding carboxylic acids is 1. The van der Waals surface area contributed by atoms with Crippen LogP contribution in [0.3, 0.4) is 0 Å². The third-order valence-corrected chi connectivity index (χ3v) is 6.10. The lowest BCUT2D eigenvalue weighted by Crippen LogP contribution is -2.32. The predicted octanol–water partition coefficient (Wildman–Crippen LogP) is 1.85. The molecule has 0 spiro atoms. The summed E-state index contributed by atoms with van der Waals surface area (Å²) in [7, 11) is -1.07. The molecule has 1 heterocycles. The van der Waals surface area contributed by atoms with Crippen molar-refractivity contribution in [3.05, 3.63) is 48.0 Å². The molecule has 0 saturated heterocycles. The monoisotopic (exact) mass is 378 g/mol. The highest BCUT2D eigenvalue weighted by molar-refractivity contribution is 7.93. The van der Waals surface area contributed by atoms with Gasteiger partial charge in [-0.25, -0.2) is 13.9 Å². The van der Waals surface area contributed by atoms with Crippen LogP contribution in [-0.2, 0) is 14.8 Å². The topological polar surface area (TPSA) is 105 Å². The minimum atomic E-state index is -3.92. The molecule has 0 bridgehead atoms. The van der Waals surface area contributed by atoms with Crippen LogP contribution in [0.25, 0.3) is 0 Å². The Hall–Kier alpha value is -2.78. The minimum Gasteiger partial charge on any atom is -0.493 e. The second-order valence-electron chi connectivity index (χ2n) is 5.64. The number of rotatable bonds is 5. The smallest absolute Gasteiger partial charge is 0.265 e. The normalized spacial score (nSPS) is 17.5. The van der Waals surface area contributed by atoms with Gasteiger partial charge < -0.3 is 9.47 Å². The lowest BCUT2D eigenvalue weighted by Gasteiger charge is -2.25. The molecule has 138 valence electrons. The molecule has 1 unspecified atom stereocenters. The average Bonchev–Trinajstić information content (AvgIpc) is 2.87. The molecule has 1 aliphatic heterocycles. The van der Waals surface area contributed by atoms with Crippen molar-refractivity contribution in [1.82, 2.24) is 5.48 Å². The van der Waals surface area contributed by atoms with Gasteiger partial charge in [-0.1, -0.05) is 18.2 Å². The standard InChI is InChI=1S/C17H18N2O6S/c1-24-14-8-12-13(9-17(20)18-21)19(11-6-4-3-5-7-11)26(22,23)16(12)10-15(14)25-2/h3-8,10,13,21H,9H2,1-2H3,(H,18,20). The van der Waals surface area contributed by atoms with Gasteiger partial charge in [-0.3, -0.25) is 14.3 Å². The summed E-state index contributed by atoms with van der Waals surface area (Å²) in [6, 6.07) is 10.6. The van der Waals surface area contributed by atoms with Gasteiger partial charge in [-0.2, -0.15) is 0 Å². The Bertz CT molecular complexity index is 930. The van der Waals surface area contributed by atoms with Crippen LogP contribution >= 0.6 is 0 Å². The quantitative estimate of drug-likeness (QED) is 0.608. The van der Waals surface area contributed by atoms with Crippen LogP contribution in [0, 0.1) is 0 Å². The van der Waals surface area contributed by atoms with Gasteiger partial charge >= 0.3 is 0 Å². The first kappa shape index (κ1) is 18.0. The van der Waals surface area contributed by atoms with E-state index < -0.39 is 22.0 Å². The number of fused-ring (bicyclic) bond motifs is 1. The van der Waals surface area contributed by atoms with Crippen LogP contribution in [0.2, 0.25) is 0 Å². The Balaban J connectivity index is 2.23. The Kier molecular flexibility index (Phi) is 4.75. The van der Waals surface area contributed by atoms with E-state index >= 15 is 0 Å². The Morgan fingerprint density at radius 3 is 2.35 bits per heavy atom. The number of nitrogens with zero attached hydrogens (tertiary/aromatic N) is 1. The number of para-hydroxylation sites is 1. The second kappa shape index (κ2) is 6.85. The number of hydrogen-bond acceptors (Lipinski definition) is 6. The molecule has 1 atom stereocenters. The van der Waals surface area contributed by atoms with E-state index in [1.165, 1.54) is 24.6 Å². The number of carbonyl (C=O) groups is 1. The molecule has 2 N–H and O–H groups in total. The van der Waals surface area contributed by atoms with E-state index in [1.807, 2.05) is 0 Å². The lowest BCUT2D eigenvalue weighted by atomic mass is 10.0. The summed E-state index contributed by atoms with van der Waals surface area (Å²) in [5.41, 5.74) is 2.37. The molecular weight excluding hydrogens is 360 g/mol. The highest BCUT2D eigenvalue weighted by Crippen LogP contribution is 2.47. The van der Waals surface area contributed by atoms with E-state index in [4.69, 9.17) is 14.7 Å². The maximum atomic E-state index is 13.2. The van der Waals surface area contributed by atoms with Crippen molar-refractivity contribution in [3.63, 3.8) is 0 Å². The largest absolute Gasteiger partial charge is 0.493 e. The zero-order chi connectivity index (χ0) is 18.9. The number of sulfonamides is 1. The third-order valence-electron chi connectivity index (χ3n) is 4.21. The molecule has 0 fully saturated rings. The highest BCUT2D eigenvalue weighted by Gasteiger charge is 2.44.